The molecule has 2 heterocycles. The van der Waals surface area contributed by atoms with E-state index in [2.05, 4.69) is 50.3 Å². The molecule has 2 aromatic heterocycles. The lowest BCUT2D eigenvalue weighted by molar-refractivity contribution is -0.153. The van der Waals surface area contributed by atoms with Crippen molar-refractivity contribution >= 4 is 45.9 Å². The maximum Gasteiger partial charge on any atom is 0.312 e. The summed E-state index contributed by atoms with van der Waals surface area (Å²) in [6.07, 6.45) is 5.88. The second-order valence-corrected chi connectivity index (χ2v) is 10.6. The molecular weight excluding hydrogens is 639 g/mol. The molecule has 11 heteroatoms. The van der Waals surface area contributed by atoms with Gasteiger partial charge in [-0.1, -0.05) is 5.92 Å². The molecule has 0 aliphatic carbocycles. The van der Waals surface area contributed by atoms with Crippen LogP contribution < -0.4 is 20.9 Å². The Bertz CT molecular complexity index is 1250. The first-order valence-corrected chi connectivity index (χ1v) is 13.8. The van der Waals surface area contributed by atoms with Gasteiger partial charge in [0.25, 0.3) is 0 Å². The summed E-state index contributed by atoms with van der Waals surface area (Å²) < 4.78 is 20.5. The molecule has 0 bridgehead atoms. The Morgan fingerprint density at radius 3 is 1.76 bits per heavy atom. The maximum absolute atomic E-state index is 11.7. The summed E-state index contributed by atoms with van der Waals surface area (Å²) in [5, 5.41) is 0. The third kappa shape index (κ3) is 14.0. The predicted octanol–water partition coefficient (Wildman–Crippen LogP) is 4.88. The van der Waals surface area contributed by atoms with Crippen LogP contribution in [0.15, 0.2) is 24.3 Å². The number of halogens is 1. The number of rotatable bonds is 8. The molecule has 2 aromatic rings. The second-order valence-electron chi connectivity index (χ2n) is 9.59. The molecule has 0 saturated heterocycles. The fourth-order valence-corrected chi connectivity index (χ4v) is 3.03. The number of aromatic nitrogens is 2. The number of anilines is 2. The van der Waals surface area contributed by atoms with Gasteiger partial charge in [-0.25, -0.2) is 9.97 Å². The van der Waals surface area contributed by atoms with Gasteiger partial charge in [-0.2, -0.15) is 0 Å². The van der Waals surface area contributed by atoms with Gasteiger partial charge in [0.1, 0.15) is 9.39 Å². The van der Waals surface area contributed by atoms with Crippen LogP contribution in [-0.2, 0) is 19.1 Å². The molecule has 0 radical (unpaired) electrons. The minimum atomic E-state index is -0.656. The van der Waals surface area contributed by atoms with E-state index in [1.807, 2.05) is 0 Å². The van der Waals surface area contributed by atoms with Gasteiger partial charge in [0.05, 0.1) is 49.6 Å². The number of nitrogen functional groups attached to an aromatic ring is 2. The smallest absolute Gasteiger partial charge is 0.312 e. The standard InChI is InChI=1S/C15H20N2O3.C9H14O2.C6H7IN2O/c1-5-20-14(18)15(2,3)10-6-7-12-11(16)8-9-13(17-12)19-4;1-5-7-9(3,4)8(10)11-6-2;1-10-5-3-2-4(8)6(7)9-5/h8-9H,5,10,16H2,1-4H3;1H,6-7H2,2-4H3;2-3H,8H2,1H3. The molecule has 0 spiro atoms. The van der Waals surface area contributed by atoms with Crippen molar-refractivity contribution in [2.75, 3.05) is 38.9 Å². The number of nitrogens with zero attached hydrogens (tertiary/aromatic N) is 2. The van der Waals surface area contributed by atoms with Crippen molar-refractivity contribution in [2.45, 2.75) is 54.4 Å². The number of hydrogen-bond acceptors (Lipinski definition) is 10. The quantitative estimate of drug-likeness (QED) is 0.171. The van der Waals surface area contributed by atoms with E-state index in [1.165, 1.54) is 7.11 Å². The number of pyridine rings is 2. The highest BCUT2D eigenvalue weighted by Gasteiger charge is 2.28. The Morgan fingerprint density at radius 2 is 1.32 bits per heavy atom. The largest absolute Gasteiger partial charge is 0.481 e. The molecule has 2 rings (SSSR count). The molecule has 4 N–H and O–H groups in total. The van der Waals surface area contributed by atoms with Crippen molar-refractivity contribution in [3.05, 3.63) is 33.7 Å². The first-order chi connectivity index (χ1) is 19.2. The lowest BCUT2D eigenvalue weighted by Gasteiger charge is -2.18. The fraction of sp³-hybridized carbons (Fsp3) is 0.467. The summed E-state index contributed by atoms with van der Waals surface area (Å²) in [5.74, 6) is 8.80. The Balaban J connectivity index is 0.000000643. The number of ether oxygens (including phenoxy) is 4. The minimum absolute atomic E-state index is 0.224. The Kier molecular flexibility index (Phi) is 16.9. The molecule has 0 aliphatic rings. The number of carbonyl (C=O) groups is 2. The minimum Gasteiger partial charge on any atom is -0.481 e. The molecule has 0 amide bonds. The predicted molar refractivity (Wildman–Crippen MR) is 169 cm³/mol. The summed E-state index contributed by atoms with van der Waals surface area (Å²) in [4.78, 5) is 31.0. The van der Waals surface area contributed by atoms with Crippen molar-refractivity contribution in [3.8, 4) is 35.9 Å². The molecule has 41 heavy (non-hydrogen) atoms. The topological polar surface area (TPSA) is 149 Å². The van der Waals surface area contributed by atoms with E-state index in [4.69, 9.17) is 36.8 Å². The van der Waals surface area contributed by atoms with E-state index in [-0.39, 0.29) is 11.9 Å². The van der Waals surface area contributed by atoms with E-state index < -0.39 is 10.8 Å². The van der Waals surface area contributed by atoms with Crippen LogP contribution in [0, 0.1) is 38.7 Å². The van der Waals surface area contributed by atoms with Crippen molar-refractivity contribution in [1.29, 1.82) is 0 Å². The Hall–Kier alpha value is -3.71. The number of carbonyl (C=O) groups excluding carboxylic acids is 2. The van der Waals surface area contributed by atoms with Crippen LogP contribution in [-0.4, -0.2) is 49.3 Å². The zero-order valence-electron chi connectivity index (χ0n) is 25.1. The lowest BCUT2D eigenvalue weighted by Crippen LogP contribution is -2.26. The fourth-order valence-electron chi connectivity index (χ4n) is 2.61. The van der Waals surface area contributed by atoms with E-state index in [9.17, 15) is 9.59 Å². The van der Waals surface area contributed by atoms with E-state index in [0.29, 0.717) is 54.9 Å². The monoisotopic (exact) mass is 680 g/mol. The van der Waals surface area contributed by atoms with Gasteiger partial charge >= 0.3 is 11.9 Å². The van der Waals surface area contributed by atoms with Crippen LogP contribution in [0.4, 0.5) is 11.4 Å². The molecule has 10 nitrogen and oxygen atoms in total. The highest BCUT2D eigenvalue weighted by atomic mass is 127. The Morgan fingerprint density at radius 1 is 0.854 bits per heavy atom. The average molecular weight is 681 g/mol. The van der Waals surface area contributed by atoms with Gasteiger partial charge in [0.2, 0.25) is 11.8 Å². The maximum atomic E-state index is 11.7. The van der Waals surface area contributed by atoms with Gasteiger partial charge in [-0.15, -0.1) is 12.3 Å². The van der Waals surface area contributed by atoms with Crippen molar-refractivity contribution in [3.63, 3.8) is 0 Å². The molecule has 0 unspecified atom stereocenters. The first kappa shape index (κ1) is 37.3. The van der Waals surface area contributed by atoms with E-state index in [1.54, 1.807) is 72.9 Å². The number of methoxy groups -OCH3 is 2. The van der Waals surface area contributed by atoms with Crippen molar-refractivity contribution in [1.82, 2.24) is 9.97 Å². The van der Waals surface area contributed by atoms with Crippen molar-refractivity contribution in [2.24, 2.45) is 10.8 Å². The molecule has 224 valence electrons. The second kappa shape index (κ2) is 18.6. The molecule has 0 atom stereocenters. The van der Waals surface area contributed by atoms with E-state index in [0.717, 1.165) is 3.70 Å². The molecule has 0 fully saturated rings. The van der Waals surface area contributed by atoms with Gasteiger partial charge in [0, 0.05) is 25.0 Å². The number of terminal acetylenes is 1. The Labute approximate surface area is 257 Å². The lowest BCUT2D eigenvalue weighted by atomic mass is 9.90. The zero-order valence-corrected chi connectivity index (χ0v) is 27.2. The molecule has 0 saturated carbocycles. The highest BCUT2D eigenvalue weighted by Crippen LogP contribution is 2.22. The number of nitrogens with two attached hydrogens (primary N) is 2. The summed E-state index contributed by atoms with van der Waals surface area (Å²) in [7, 11) is 3.11. The highest BCUT2D eigenvalue weighted by molar-refractivity contribution is 14.1. The van der Waals surface area contributed by atoms with Gasteiger partial charge in [-0.05, 0) is 82.2 Å². The molecule has 0 aliphatic heterocycles. The van der Waals surface area contributed by atoms with Crippen LogP contribution >= 0.6 is 22.6 Å². The normalized spacial score (nSPS) is 10.1. The van der Waals surface area contributed by atoms with Crippen LogP contribution in [0.1, 0.15) is 60.1 Å². The van der Waals surface area contributed by atoms with Gasteiger partial charge in [0.15, 0.2) is 0 Å². The average Bonchev–Trinajstić information content (AvgIpc) is 2.92. The van der Waals surface area contributed by atoms with Crippen molar-refractivity contribution < 1.29 is 28.5 Å². The van der Waals surface area contributed by atoms with E-state index >= 15 is 0 Å². The SMILES string of the molecule is C#CCC(C)(C)C(=O)OCC.CCOC(=O)C(C)(C)CC#Cc1nc(OC)ccc1N.COc1ccc(N)c(I)n1. The van der Waals surface area contributed by atoms with Crippen LogP contribution in [0.2, 0.25) is 0 Å². The third-order valence-corrected chi connectivity index (χ3v) is 5.97. The number of esters is 2. The summed E-state index contributed by atoms with van der Waals surface area (Å²) in [6.45, 7) is 11.5. The van der Waals surface area contributed by atoms with Gasteiger partial charge < -0.3 is 30.4 Å². The summed E-state index contributed by atoms with van der Waals surface area (Å²) in [6, 6.07) is 6.86. The third-order valence-electron chi connectivity index (χ3n) is 5.11. The van der Waals surface area contributed by atoms with Crippen LogP contribution in [0.5, 0.6) is 11.8 Å². The first-order valence-electron chi connectivity index (χ1n) is 12.7. The summed E-state index contributed by atoms with van der Waals surface area (Å²) in [5.41, 5.74) is 11.7. The molecular formula is C30H41IN4O6. The van der Waals surface area contributed by atoms with Crippen LogP contribution in [0.25, 0.3) is 0 Å². The zero-order chi connectivity index (χ0) is 31.6. The molecule has 0 aromatic carbocycles. The summed E-state index contributed by atoms with van der Waals surface area (Å²) >= 11 is 2.06. The number of hydrogen-bond donors (Lipinski definition) is 2. The van der Waals surface area contributed by atoms with Crippen LogP contribution in [0.3, 0.4) is 0 Å². The van der Waals surface area contributed by atoms with Gasteiger partial charge in [-0.3, -0.25) is 9.59 Å².